The van der Waals surface area contributed by atoms with Crippen LogP contribution in [0.25, 0.3) is 0 Å². The normalized spacial score (nSPS) is 23.8. The highest BCUT2D eigenvalue weighted by atomic mass is 15.3. The summed E-state index contributed by atoms with van der Waals surface area (Å²) in [5, 5.41) is 0. The molecule has 5 nitrogen and oxygen atoms in total. The zero-order valence-corrected chi connectivity index (χ0v) is 15.6. The highest BCUT2D eigenvalue weighted by Gasteiger charge is 2.25. The number of likely N-dealkylation sites (N-methyl/N-ethyl adjacent to an activating group) is 1. The molecule has 138 valence electrons. The lowest BCUT2D eigenvalue weighted by Crippen LogP contribution is -2.47. The average molecular weight is 344 g/mol. The Balaban J connectivity index is 1.50. The first-order chi connectivity index (χ1) is 12.2. The first-order valence-corrected chi connectivity index (χ1v) is 9.76. The standard InChI is InChI=1S/C20H33N5/c1-23-15-16-24(19(17-23)18-9-4-2-5-10-18)14-8-11-22-20(21)25-12-6-3-7-13-25/h2,4-5,9-10,19H,3,6-8,11-17H2,1H3,(H2,21,22). The molecule has 0 amide bonds. The SMILES string of the molecule is CN1CCN(CCCN=C(N)N2CCCCC2)C(c2ccccc2)C1. The number of benzene rings is 1. The van der Waals surface area contributed by atoms with E-state index in [1.807, 2.05) is 0 Å². The van der Waals surface area contributed by atoms with E-state index < -0.39 is 0 Å². The molecule has 0 aliphatic carbocycles. The Morgan fingerprint density at radius 3 is 2.60 bits per heavy atom. The van der Waals surface area contributed by atoms with E-state index in [0.717, 1.165) is 58.2 Å². The average Bonchev–Trinajstić information content (AvgIpc) is 2.67. The number of piperazine rings is 1. The molecule has 5 heteroatoms. The van der Waals surface area contributed by atoms with Gasteiger partial charge in [-0.3, -0.25) is 9.89 Å². The van der Waals surface area contributed by atoms with Crippen LogP contribution < -0.4 is 5.73 Å². The van der Waals surface area contributed by atoms with Gasteiger partial charge in [0, 0.05) is 51.9 Å². The first kappa shape index (κ1) is 18.2. The molecule has 1 atom stereocenters. The monoisotopic (exact) mass is 343 g/mol. The van der Waals surface area contributed by atoms with Crippen LogP contribution in [0.3, 0.4) is 0 Å². The second-order valence-electron chi connectivity index (χ2n) is 7.37. The van der Waals surface area contributed by atoms with Crippen molar-refractivity contribution in [1.82, 2.24) is 14.7 Å². The number of likely N-dealkylation sites (tertiary alicyclic amines) is 1. The van der Waals surface area contributed by atoms with Crippen LogP contribution in [0.15, 0.2) is 35.3 Å². The van der Waals surface area contributed by atoms with Gasteiger partial charge in [0.25, 0.3) is 0 Å². The smallest absolute Gasteiger partial charge is 0.191 e. The Morgan fingerprint density at radius 2 is 1.84 bits per heavy atom. The first-order valence-electron chi connectivity index (χ1n) is 9.76. The van der Waals surface area contributed by atoms with E-state index in [-0.39, 0.29) is 0 Å². The zero-order valence-electron chi connectivity index (χ0n) is 15.6. The summed E-state index contributed by atoms with van der Waals surface area (Å²) in [5.41, 5.74) is 7.58. The van der Waals surface area contributed by atoms with Crippen LogP contribution in [0.1, 0.15) is 37.3 Å². The molecule has 0 bridgehead atoms. The summed E-state index contributed by atoms with van der Waals surface area (Å²) in [5.74, 6) is 0.748. The molecule has 2 saturated heterocycles. The molecule has 1 unspecified atom stereocenters. The Bertz CT molecular complexity index is 538. The van der Waals surface area contributed by atoms with Gasteiger partial charge in [-0.2, -0.15) is 0 Å². The van der Waals surface area contributed by atoms with Crippen molar-refractivity contribution in [2.45, 2.75) is 31.7 Å². The minimum Gasteiger partial charge on any atom is -0.370 e. The maximum Gasteiger partial charge on any atom is 0.191 e. The lowest BCUT2D eigenvalue weighted by atomic mass is 10.0. The summed E-state index contributed by atoms with van der Waals surface area (Å²) in [6.07, 6.45) is 4.89. The number of hydrogen-bond acceptors (Lipinski definition) is 3. The molecule has 2 N–H and O–H groups in total. The number of hydrogen-bond donors (Lipinski definition) is 1. The second kappa shape index (κ2) is 9.20. The molecule has 3 rings (SSSR count). The highest BCUT2D eigenvalue weighted by molar-refractivity contribution is 5.78. The molecule has 2 fully saturated rings. The van der Waals surface area contributed by atoms with E-state index in [0.29, 0.717) is 6.04 Å². The predicted molar refractivity (Wildman–Crippen MR) is 105 cm³/mol. The van der Waals surface area contributed by atoms with Crippen LogP contribution in [-0.4, -0.2) is 73.5 Å². The van der Waals surface area contributed by atoms with Crippen LogP contribution in [-0.2, 0) is 0 Å². The lowest BCUT2D eigenvalue weighted by molar-refractivity contribution is 0.0894. The summed E-state index contributed by atoms with van der Waals surface area (Å²) < 4.78 is 0. The van der Waals surface area contributed by atoms with E-state index in [1.165, 1.54) is 24.8 Å². The molecule has 1 aromatic carbocycles. The lowest BCUT2D eigenvalue weighted by Gasteiger charge is -2.40. The van der Waals surface area contributed by atoms with Gasteiger partial charge in [0.2, 0.25) is 0 Å². The largest absolute Gasteiger partial charge is 0.370 e. The number of rotatable bonds is 5. The fourth-order valence-corrected chi connectivity index (χ4v) is 3.91. The number of aliphatic imine (C=N–C) groups is 1. The van der Waals surface area contributed by atoms with Gasteiger partial charge in [-0.25, -0.2) is 0 Å². The molecular formula is C20H33N5. The molecule has 0 radical (unpaired) electrons. The molecule has 0 saturated carbocycles. The van der Waals surface area contributed by atoms with Crippen LogP contribution in [0, 0.1) is 0 Å². The van der Waals surface area contributed by atoms with Gasteiger partial charge >= 0.3 is 0 Å². The summed E-state index contributed by atoms with van der Waals surface area (Å²) in [6, 6.07) is 11.4. The fourth-order valence-electron chi connectivity index (χ4n) is 3.91. The third-order valence-corrected chi connectivity index (χ3v) is 5.44. The number of piperidine rings is 1. The van der Waals surface area contributed by atoms with Crippen LogP contribution in [0.2, 0.25) is 0 Å². The molecular weight excluding hydrogens is 310 g/mol. The third kappa shape index (κ3) is 5.19. The van der Waals surface area contributed by atoms with Crippen molar-refractivity contribution in [2.24, 2.45) is 10.7 Å². The van der Waals surface area contributed by atoms with Crippen molar-refractivity contribution in [2.75, 3.05) is 52.9 Å². The van der Waals surface area contributed by atoms with E-state index in [9.17, 15) is 0 Å². The van der Waals surface area contributed by atoms with Gasteiger partial charge in [-0.15, -0.1) is 0 Å². The summed E-state index contributed by atoms with van der Waals surface area (Å²) in [4.78, 5) is 11.9. The van der Waals surface area contributed by atoms with Gasteiger partial charge in [-0.1, -0.05) is 30.3 Å². The quantitative estimate of drug-likeness (QED) is 0.506. The summed E-state index contributed by atoms with van der Waals surface area (Å²) in [7, 11) is 2.22. The Morgan fingerprint density at radius 1 is 1.08 bits per heavy atom. The second-order valence-corrected chi connectivity index (χ2v) is 7.37. The Hall–Kier alpha value is -1.59. The van der Waals surface area contributed by atoms with Gasteiger partial charge in [-0.05, 0) is 38.3 Å². The van der Waals surface area contributed by atoms with Crippen molar-refractivity contribution in [1.29, 1.82) is 0 Å². The Kier molecular flexibility index (Phi) is 6.70. The van der Waals surface area contributed by atoms with Crippen molar-refractivity contribution >= 4 is 5.96 Å². The summed E-state index contributed by atoms with van der Waals surface area (Å²) >= 11 is 0. The van der Waals surface area contributed by atoms with Crippen molar-refractivity contribution in [3.05, 3.63) is 35.9 Å². The molecule has 0 aromatic heterocycles. The minimum atomic E-state index is 0.489. The van der Waals surface area contributed by atoms with E-state index in [1.54, 1.807) is 0 Å². The molecule has 2 aliphatic rings. The number of nitrogens with zero attached hydrogens (tertiary/aromatic N) is 4. The molecule has 2 aliphatic heterocycles. The Labute approximate surface area is 152 Å². The molecule has 2 heterocycles. The van der Waals surface area contributed by atoms with Crippen molar-refractivity contribution in [3.63, 3.8) is 0 Å². The van der Waals surface area contributed by atoms with Crippen molar-refractivity contribution < 1.29 is 0 Å². The highest BCUT2D eigenvalue weighted by Crippen LogP contribution is 2.24. The number of guanidine groups is 1. The molecule has 0 spiro atoms. The van der Waals surface area contributed by atoms with Gasteiger partial charge in [0.15, 0.2) is 5.96 Å². The zero-order chi connectivity index (χ0) is 17.5. The topological polar surface area (TPSA) is 48.1 Å². The third-order valence-electron chi connectivity index (χ3n) is 5.44. The van der Waals surface area contributed by atoms with E-state index in [4.69, 9.17) is 5.73 Å². The van der Waals surface area contributed by atoms with Gasteiger partial charge < -0.3 is 15.5 Å². The maximum atomic E-state index is 6.16. The van der Waals surface area contributed by atoms with E-state index >= 15 is 0 Å². The summed E-state index contributed by atoms with van der Waals surface area (Å²) in [6.45, 7) is 7.43. The van der Waals surface area contributed by atoms with Crippen LogP contribution >= 0.6 is 0 Å². The molecule has 25 heavy (non-hydrogen) atoms. The van der Waals surface area contributed by atoms with E-state index in [2.05, 4.69) is 57.1 Å². The number of nitrogens with two attached hydrogens (primary N) is 1. The predicted octanol–water partition coefficient (Wildman–Crippen LogP) is 2.17. The van der Waals surface area contributed by atoms with Crippen LogP contribution in [0.5, 0.6) is 0 Å². The van der Waals surface area contributed by atoms with Crippen LogP contribution in [0.4, 0.5) is 0 Å². The maximum absolute atomic E-state index is 6.16. The van der Waals surface area contributed by atoms with Crippen molar-refractivity contribution in [3.8, 4) is 0 Å². The van der Waals surface area contributed by atoms with Gasteiger partial charge in [0.1, 0.15) is 0 Å². The fraction of sp³-hybridized carbons (Fsp3) is 0.650. The minimum absolute atomic E-state index is 0.489. The molecule has 1 aromatic rings. The van der Waals surface area contributed by atoms with Gasteiger partial charge in [0.05, 0.1) is 0 Å².